The Morgan fingerprint density at radius 1 is 1.79 bits per heavy atom. The first-order chi connectivity index (χ1) is 6.61. The highest BCUT2D eigenvalue weighted by molar-refractivity contribution is 5.71. The van der Waals surface area contributed by atoms with E-state index in [1.165, 1.54) is 6.92 Å². The predicted octanol–water partition coefficient (Wildman–Crippen LogP) is 0.452. The van der Waals surface area contributed by atoms with Crippen molar-refractivity contribution >= 4 is 5.97 Å². The minimum Gasteiger partial charge on any atom is -0.479 e. The molecule has 1 atom stereocenters. The summed E-state index contributed by atoms with van der Waals surface area (Å²) in [5, 5.41) is 12.5. The first-order valence-electron chi connectivity index (χ1n) is 4.42. The van der Waals surface area contributed by atoms with Gasteiger partial charge in [-0.2, -0.15) is 5.10 Å². The first kappa shape index (κ1) is 10.7. The van der Waals surface area contributed by atoms with Gasteiger partial charge in [-0.05, 0) is 13.0 Å². The van der Waals surface area contributed by atoms with Gasteiger partial charge in [0.15, 0.2) is 6.10 Å². The molecular weight excluding hydrogens is 184 g/mol. The maximum atomic E-state index is 10.4. The number of hydrogen-bond donors (Lipinski definition) is 1. The van der Waals surface area contributed by atoms with E-state index in [1.807, 2.05) is 13.1 Å². The number of carbonyl (C=O) groups is 1. The van der Waals surface area contributed by atoms with Gasteiger partial charge in [-0.25, -0.2) is 4.79 Å². The van der Waals surface area contributed by atoms with E-state index >= 15 is 0 Å². The van der Waals surface area contributed by atoms with Crippen LogP contribution in [-0.2, 0) is 23.0 Å². The summed E-state index contributed by atoms with van der Waals surface area (Å²) in [5.41, 5.74) is 1.03. The van der Waals surface area contributed by atoms with E-state index < -0.39 is 12.1 Å². The highest BCUT2D eigenvalue weighted by Crippen LogP contribution is 1.99. The van der Waals surface area contributed by atoms with Crippen LogP contribution in [0.25, 0.3) is 0 Å². The molecule has 1 unspecified atom stereocenters. The number of rotatable bonds is 5. The lowest BCUT2D eigenvalue weighted by Crippen LogP contribution is -2.21. The number of nitrogens with zero attached hydrogens (tertiary/aromatic N) is 2. The van der Waals surface area contributed by atoms with Gasteiger partial charge >= 0.3 is 5.97 Å². The fourth-order valence-corrected chi connectivity index (χ4v) is 1.06. The molecule has 78 valence electrons. The molecule has 0 fully saturated rings. The lowest BCUT2D eigenvalue weighted by Gasteiger charge is -2.07. The SMILES string of the molecule is CC(OCCc1ccnn1C)C(=O)O. The molecule has 1 N–H and O–H groups in total. The van der Waals surface area contributed by atoms with Gasteiger partial charge in [0.25, 0.3) is 0 Å². The third-order valence-electron chi connectivity index (χ3n) is 2.00. The number of aromatic nitrogens is 2. The van der Waals surface area contributed by atoms with Crippen LogP contribution in [0.4, 0.5) is 0 Å². The third-order valence-corrected chi connectivity index (χ3v) is 2.00. The van der Waals surface area contributed by atoms with E-state index in [9.17, 15) is 4.79 Å². The second-order valence-electron chi connectivity index (χ2n) is 3.05. The lowest BCUT2D eigenvalue weighted by molar-refractivity contribution is -0.149. The molecular formula is C9H14N2O3. The number of aryl methyl sites for hydroxylation is 1. The first-order valence-corrected chi connectivity index (χ1v) is 4.42. The van der Waals surface area contributed by atoms with Crippen LogP contribution in [0.1, 0.15) is 12.6 Å². The van der Waals surface area contributed by atoms with Crippen molar-refractivity contribution in [1.29, 1.82) is 0 Å². The number of carboxylic acid groups (broad SMARTS) is 1. The molecule has 5 heteroatoms. The summed E-state index contributed by atoms with van der Waals surface area (Å²) in [5.74, 6) is -0.935. The fraction of sp³-hybridized carbons (Fsp3) is 0.556. The summed E-state index contributed by atoms with van der Waals surface area (Å²) in [6, 6.07) is 1.88. The average Bonchev–Trinajstić information content (AvgIpc) is 2.51. The normalized spacial score (nSPS) is 12.7. The smallest absolute Gasteiger partial charge is 0.332 e. The quantitative estimate of drug-likeness (QED) is 0.746. The Morgan fingerprint density at radius 2 is 2.50 bits per heavy atom. The van der Waals surface area contributed by atoms with Crippen molar-refractivity contribution in [3.63, 3.8) is 0 Å². The predicted molar refractivity (Wildman–Crippen MR) is 50.0 cm³/mol. The Bertz CT molecular complexity index is 309. The van der Waals surface area contributed by atoms with Crippen molar-refractivity contribution < 1.29 is 14.6 Å². The zero-order valence-electron chi connectivity index (χ0n) is 8.30. The summed E-state index contributed by atoms with van der Waals surface area (Å²) in [4.78, 5) is 10.4. The van der Waals surface area contributed by atoms with Crippen molar-refractivity contribution in [3.05, 3.63) is 18.0 Å². The van der Waals surface area contributed by atoms with Gasteiger partial charge in [0.2, 0.25) is 0 Å². The van der Waals surface area contributed by atoms with E-state index in [-0.39, 0.29) is 0 Å². The summed E-state index contributed by atoms with van der Waals surface area (Å²) in [7, 11) is 1.84. The van der Waals surface area contributed by atoms with E-state index in [0.717, 1.165) is 5.69 Å². The molecule has 0 radical (unpaired) electrons. The molecule has 5 nitrogen and oxygen atoms in total. The molecule has 1 heterocycles. The summed E-state index contributed by atoms with van der Waals surface area (Å²) >= 11 is 0. The van der Waals surface area contributed by atoms with Gasteiger partial charge in [-0.1, -0.05) is 0 Å². The molecule has 0 bridgehead atoms. The fourth-order valence-electron chi connectivity index (χ4n) is 1.06. The standard InChI is InChI=1S/C9H14N2O3/c1-7(9(12)13)14-6-4-8-3-5-10-11(8)2/h3,5,7H,4,6H2,1-2H3,(H,12,13). The maximum absolute atomic E-state index is 10.4. The highest BCUT2D eigenvalue weighted by atomic mass is 16.5. The minimum atomic E-state index is -0.935. The average molecular weight is 198 g/mol. The van der Waals surface area contributed by atoms with E-state index in [4.69, 9.17) is 9.84 Å². The van der Waals surface area contributed by atoms with Crippen molar-refractivity contribution in [2.75, 3.05) is 6.61 Å². The molecule has 0 saturated heterocycles. The van der Waals surface area contributed by atoms with Gasteiger partial charge in [-0.15, -0.1) is 0 Å². The van der Waals surface area contributed by atoms with Gasteiger partial charge in [-0.3, -0.25) is 4.68 Å². The molecule has 0 aliphatic carbocycles. The van der Waals surface area contributed by atoms with Crippen LogP contribution in [0.2, 0.25) is 0 Å². The maximum Gasteiger partial charge on any atom is 0.332 e. The number of aliphatic carboxylic acids is 1. The van der Waals surface area contributed by atoms with Gasteiger partial charge in [0, 0.05) is 25.4 Å². The molecule has 0 amide bonds. The Labute approximate surface area is 82.3 Å². The monoisotopic (exact) mass is 198 g/mol. The van der Waals surface area contributed by atoms with Gasteiger partial charge < -0.3 is 9.84 Å². The molecule has 0 saturated carbocycles. The van der Waals surface area contributed by atoms with Crippen LogP contribution in [0.15, 0.2) is 12.3 Å². The third kappa shape index (κ3) is 2.85. The van der Waals surface area contributed by atoms with Crippen molar-refractivity contribution in [1.82, 2.24) is 9.78 Å². The zero-order chi connectivity index (χ0) is 10.6. The highest BCUT2D eigenvalue weighted by Gasteiger charge is 2.10. The molecule has 14 heavy (non-hydrogen) atoms. The largest absolute Gasteiger partial charge is 0.479 e. The minimum absolute atomic E-state index is 0.396. The molecule has 0 aliphatic heterocycles. The van der Waals surface area contributed by atoms with E-state index in [1.54, 1.807) is 10.9 Å². The summed E-state index contributed by atoms with van der Waals surface area (Å²) in [6.45, 7) is 1.92. The molecule has 0 aromatic carbocycles. The van der Waals surface area contributed by atoms with Crippen LogP contribution in [0.5, 0.6) is 0 Å². The summed E-state index contributed by atoms with van der Waals surface area (Å²) < 4.78 is 6.84. The molecule has 1 rings (SSSR count). The Balaban J connectivity index is 2.29. The van der Waals surface area contributed by atoms with E-state index in [0.29, 0.717) is 13.0 Å². The van der Waals surface area contributed by atoms with Crippen LogP contribution >= 0.6 is 0 Å². The van der Waals surface area contributed by atoms with Crippen LogP contribution in [0.3, 0.4) is 0 Å². The van der Waals surface area contributed by atoms with Crippen molar-refractivity contribution in [2.45, 2.75) is 19.4 Å². The topological polar surface area (TPSA) is 64.4 Å². The molecule has 1 aromatic rings. The van der Waals surface area contributed by atoms with Crippen molar-refractivity contribution in [3.8, 4) is 0 Å². The van der Waals surface area contributed by atoms with Crippen LogP contribution in [-0.4, -0.2) is 33.6 Å². The molecule has 1 aromatic heterocycles. The molecule has 0 aliphatic rings. The Hall–Kier alpha value is -1.36. The number of ether oxygens (including phenoxy) is 1. The van der Waals surface area contributed by atoms with Crippen LogP contribution < -0.4 is 0 Å². The second-order valence-corrected chi connectivity index (χ2v) is 3.05. The number of hydrogen-bond acceptors (Lipinski definition) is 3. The second kappa shape index (κ2) is 4.76. The van der Waals surface area contributed by atoms with Gasteiger partial charge in [0.1, 0.15) is 0 Å². The Morgan fingerprint density at radius 3 is 3.00 bits per heavy atom. The summed E-state index contributed by atoms with van der Waals surface area (Å²) in [6.07, 6.45) is 1.63. The Kier molecular flexibility index (Phi) is 3.64. The van der Waals surface area contributed by atoms with Gasteiger partial charge in [0.05, 0.1) is 6.61 Å². The molecule has 0 spiro atoms. The number of carboxylic acids is 1. The van der Waals surface area contributed by atoms with Crippen LogP contribution in [0, 0.1) is 0 Å². The van der Waals surface area contributed by atoms with E-state index in [2.05, 4.69) is 5.10 Å². The zero-order valence-corrected chi connectivity index (χ0v) is 8.30. The lowest BCUT2D eigenvalue weighted by atomic mass is 10.3. The van der Waals surface area contributed by atoms with Crippen molar-refractivity contribution in [2.24, 2.45) is 7.05 Å².